The van der Waals surface area contributed by atoms with Crippen LogP contribution in [0.1, 0.15) is 37.3 Å². The molecule has 2 aliphatic carbocycles. The van der Waals surface area contributed by atoms with Gasteiger partial charge in [-0.15, -0.1) is 0 Å². The highest BCUT2D eigenvalue weighted by molar-refractivity contribution is 5.87. The molecule has 11 heteroatoms. The first-order valence-electron chi connectivity index (χ1n) is 11.9. The Hall–Kier alpha value is -3.15. The number of likely N-dealkylation sites (N-methyl/N-ethyl adjacent to an activating group) is 1. The van der Waals surface area contributed by atoms with Gasteiger partial charge in [-0.1, -0.05) is 6.07 Å². The molecular weight excluding hydrogens is 472 g/mol. The Morgan fingerprint density at radius 3 is 2.78 bits per heavy atom. The number of benzene rings is 1. The van der Waals surface area contributed by atoms with Crippen LogP contribution in [0.25, 0.3) is 0 Å². The number of amides is 1. The SMILES string of the molecule is COc1ccc2c3c1O[C@@H]1C(OC(=O)[C@H](C)NC(=O)C[C@H](O)C(=O)O)=CC[C@]4(O)[C@H](C2)N(C)CC[C@@]314. The highest BCUT2D eigenvalue weighted by atomic mass is 16.6. The Balaban J connectivity index is 1.44. The first kappa shape index (κ1) is 24.5. The van der Waals surface area contributed by atoms with Crippen molar-refractivity contribution in [3.63, 3.8) is 0 Å². The van der Waals surface area contributed by atoms with Gasteiger partial charge in [0.25, 0.3) is 0 Å². The average Bonchev–Trinajstić information content (AvgIpc) is 3.18. The number of carbonyl (C=O) groups excluding carboxylic acids is 2. The van der Waals surface area contributed by atoms with Gasteiger partial charge in [-0.05, 0) is 51.1 Å². The molecule has 0 aromatic heterocycles. The van der Waals surface area contributed by atoms with Crippen molar-refractivity contribution in [2.75, 3.05) is 20.7 Å². The highest BCUT2D eigenvalue weighted by Gasteiger charge is 2.72. The fourth-order valence-electron chi connectivity index (χ4n) is 6.41. The normalized spacial score (nSPS) is 31.3. The average molecular weight is 503 g/mol. The third kappa shape index (κ3) is 3.33. The second-order valence-electron chi connectivity index (χ2n) is 10.1. The molecule has 1 saturated heterocycles. The molecule has 1 amide bonds. The minimum absolute atomic E-state index is 0.142. The van der Waals surface area contributed by atoms with Gasteiger partial charge in [0.1, 0.15) is 11.8 Å². The second kappa shape index (κ2) is 8.46. The Bertz CT molecular complexity index is 1170. The zero-order chi connectivity index (χ0) is 26.0. The second-order valence-corrected chi connectivity index (χ2v) is 10.1. The van der Waals surface area contributed by atoms with Gasteiger partial charge < -0.3 is 39.7 Å². The van der Waals surface area contributed by atoms with Gasteiger partial charge in [0.05, 0.1) is 24.5 Å². The van der Waals surface area contributed by atoms with E-state index in [0.717, 1.165) is 17.7 Å². The van der Waals surface area contributed by atoms with Crippen LogP contribution < -0.4 is 14.8 Å². The zero-order valence-corrected chi connectivity index (χ0v) is 20.3. The lowest BCUT2D eigenvalue weighted by molar-refractivity contribution is -0.170. The van der Waals surface area contributed by atoms with Crippen LogP contribution in [0.2, 0.25) is 0 Å². The van der Waals surface area contributed by atoms with E-state index in [4.69, 9.17) is 19.3 Å². The lowest BCUT2D eigenvalue weighted by Crippen LogP contribution is -2.74. The predicted molar refractivity (Wildman–Crippen MR) is 123 cm³/mol. The summed E-state index contributed by atoms with van der Waals surface area (Å²) in [5.74, 6) is -1.76. The summed E-state index contributed by atoms with van der Waals surface area (Å²) in [6.45, 7) is 2.13. The highest BCUT2D eigenvalue weighted by Crippen LogP contribution is 2.65. The maximum atomic E-state index is 12.9. The number of carbonyl (C=O) groups is 3. The molecule has 2 heterocycles. The number of nitrogens with one attached hydrogen (secondary N) is 1. The largest absolute Gasteiger partial charge is 0.493 e. The molecule has 1 spiro atoms. The zero-order valence-electron chi connectivity index (χ0n) is 20.3. The number of hydrogen-bond acceptors (Lipinski definition) is 9. The molecule has 0 saturated carbocycles. The Morgan fingerprint density at radius 2 is 2.08 bits per heavy atom. The summed E-state index contributed by atoms with van der Waals surface area (Å²) in [7, 11) is 3.55. The van der Waals surface area contributed by atoms with E-state index in [9.17, 15) is 24.6 Å². The van der Waals surface area contributed by atoms with Crippen LogP contribution in [-0.2, 0) is 31.0 Å². The van der Waals surface area contributed by atoms with Crippen LogP contribution in [0.4, 0.5) is 0 Å². The molecule has 4 aliphatic rings. The molecule has 5 rings (SSSR count). The van der Waals surface area contributed by atoms with Crippen molar-refractivity contribution in [3.8, 4) is 11.5 Å². The number of aliphatic hydroxyl groups is 2. The van der Waals surface area contributed by atoms with Crippen LogP contribution in [0.15, 0.2) is 24.0 Å². The summed E-state index contributed by atoms with van der Waals surface area (Å²) in [6, 6.07) is 2.60. The first-order valence-corrected chi connectivity index (χ1v) is 11.9. The van der Waals surface area contributed by atoms with E-state index >= 15 is 0 Å². The quantitative estimate of drug-likeness (QED) is 0.370. The molecule has 2 bridgehead atoms. The van der Waals surface area contributed by atoms with Crippen LogP contribution in [0.3, 0.4) is 0 Å². The Kier molecular flexibility index (Phi) is 5.77. The third-order valence-electron chi connectivity index (χ3n) is 8.17. The van der Waals surface area contributed by atoms with Gasteiger partial charge in [-0.2, -0.15) is 0 Å². The van der Waals surface area contributed by atoms with Gasteiger partial charge in [-0.3, -0.25) is 4.79 Å². The Morgan fingerprint density at radius 1 is 1.33 bits per heavy atom. The third-order valence-corrected chi connectivity index (χ3v) is 8.17. The molecule has 0 radical (unpaired) electrons. The van der Waals surface area contributed by atoms with E-state index in [0.29, 0.717) is 24.3 Å². The first-order chi connectivity index (χ1) is 17.0. The maximum absolute atomic E-state index is 12.9. The number of rotatable bonds is 7. The smallest absolute Gasteiger partial charge is 0.333 e. The lowest BCUT2D eigenvalue weighted by atomic mass is 9.50. The van der Waals surface area contributed by atoms with Crippen molar-refractivity contribution < 1.29 is 43.9 Å². The van der Waals surface area contributed by atoms with Gasteiger partial charge in [-0.25, -0.2) is 9.59 Å². The Labute approximate surface area is 207 Å². The summed E-state index contributed by atoms with van der Waals surface area (Å²) in [6.07, 6.45) is -0.147. The number of aliphatic carboxylic acids is 1. The van der Waals surface area contributed by atoms with E-state index < -0.39 is 53.5 Å². The lowest BCUT2D eigenvalue weighted by Gasteiger charge is -2.61. The number of nitrogens with zero attached hydrogens (tertiary/aromatic N) is 1. The molecule has 11 nitrogen and oxygen atoms in total. The minimum Gasteiger partial charge on any atom is -0.493 e. The summed E-state index contributed by atoms with van der Waals surface area (Å²) in [5.41, 5.74) is 0.00583. The summed E-state index contributed by atoms with van der Waals surface area (Å²) >= 11 is 0. The summed E-state index contributed by atoms with van der Waals surface area (Å²) < 4.78 is 17.7. The van der Waals surface area contributed by atoms with E-state index in [1.807, 2.05) is 19.2 Å². The minimum atomic E-state index is -1.87. The van der Waals surface area contributed by atoms with Crippen molar-refractivity contribution in [2.45, 2.75) is 67.9 Å². The summed E-state index contributed by atoms with van der Waals surface area (Å²) in [5, 5.41) is 32.7. The number of methoxy groups -OCH3 is 1. The van der Waals surface area contributed by atoms with Gasteiger partial charge in [0, 0.05) is 18.0 Å². The van der Waals surface area contributed by atoms with Crippen molar-refractivity contribution in [1.29, 1.82) is 0 Å². The number of carboxylic acids is 1. The fraction of sp³-hybridized carbons (Fsp3) is 0.560. The van der Waals surface area contributed by atoms with Crippen molar-refractivity contribution >= 4 is 17.8 Å². The molecule has 6 atom stereocenters. The number of hydrogen-bond donors (Lipinski definition) is 4. The fourth-order valence-corrected chi connectivity index (χ4v) is 6.41. The number of aliphatic hydroxyl groups excluding tert-OH is 1. The van der Waals surface area contributed by atoms with E-state index in [2.05, 4.69) is 10.2 Å². The van der Waals surface area contributed by atoms with Gasteiger partial charge >= 0.3 is 11.9 Å². The maximum Gasteiger partial charge on any atom is 0.333 e. The van der Waals surface area contributed by atoms with Crippen molar-refractivity contribution in [3.05, 3.63) is 35.1 Å². The molecule has 0 unspecified atom stereocenters. The van der Waals surface area contributed by atoms with Crippen LogP contribution in [0, 0.1) is 0 Å². The summed E-state index contributed by atoms with van der Waals surface area (Å²) in [4.78, 5) is 37.9. The van der Waals surface area contributed by atoms with E-state index in [1.165, 1.54) is 6.92 Å². The number of esters is 1. The van der Waals surface area contributed by atoms with E-state index in [1.54, 1.807) is 13.2 Å². The molecule has 1 aromatic rings. The number of piperidine rings is 1. The number of likely N-dealkylation sites (tertiary alicyclic amines) is 1. The predicted octanol–water partition coefficient (Wildman–Crippen LogP) is -0.144. The monoisotopic (exact) mass is 502 g/mol. The molecular formula is C25H30N2O9. The molecule has 4 N–H and O–H groups in total. The van der Waals surface area contributed by atoms with Crippen LogP contribution >= 0.6 is 0 Å². The van der Waals surface area contributed by atoms with Gasteiger partial charge in [0.2, 0.25) is 5.91 Å². The molecule has 194 valence electrons. The van der Waals surface area contributed by atoms with Crippen molar-refractivity contribution in [2.24, 2.45) is 0 Å². The van der Waals surface area contributed by atoms with Crippen LogP contribution in [0.5, 0.6) is 11.5 Å². The number of carboxylic acid groups (broad SMARTS) is 1. The standard InChI is InChI=1S/C25H30N2O9/c1-12(26-18(29)11-14(28)22(30)31)23(32)35-16-6-7-25(33)17-10-13-4-5-15(34-3)20-19(13)24(25,21(16)36-20)8-9-27(17)2/h4-6,12,14,17,21,28,33H,7-11H2,1-3H3,(H,26,29)(H,30,31)/t12-,14-,17-,21+,24+,25-/m0/s1. The topological polar surface area (TPSA) is 155 Å². The van der Waals surface area contributed by atoms with Crippen LogP contribution in [-0.4, -0.2) is 88.7 Å². The van der Waals surface area contributed by atoms with Gasteiger partial charge in [0.15, 0.2) is 23.7 Å². The molecule has 1 fully saturated rings. The molecule has 36 heavy (non-hydrogen) atoms. The number of ether oxygens (including phenoxy) is 3. The molecule has 1 aromatic carbocycles. The van der Waals surface area contributed by atoms with E-state index in [-0.39, 0.29) is 18.2 Å². The molecule has 2 aliphatic heterocycles. The van der Waals surface area contributed by atoms with Crippen molar-refractivity contribution in [1.82, 2.24) is 10.2 Å².